The van der Waals surface area contributed by atoms with Gasteiger partial charge in [0.1, 0.15) is 0 Å². The molecule has 0 spiro atoms. The second-order valence-electron chi connectivity index (χ2n) is 3.26. The van der Waals surface area contributed by atoms with E-state index >= 15 is 0 Å². The summed E-state index contributed by atoms with van der Waals surface area (Å²) in [5.41, 5.74) is 0. The molecule has 1 aliphatic carbocycles. The molecule has 0 aromatic heterocycles. The first-order valence-electron chi connectivity index (χ1n) is 4.42. The van der Waals surface area contributed by atoms with Crippen LogP contribution in [0.25, 0.3) is 0 Å². The number of aliphatic imine (C=N–C) groups is 1. The number of carbonyl (C=O) groups excluding carboxylic acids is 2. The summed E-state index contributed by atoms with van der Waals surface area (Å²) < 4.78 is 4.64. The molecular weight excluding hydrogens is 170 g/mol. The lowest BCUT2D eigenvalue weighted by atomic mass is 9.86. The molecule has 0 aromatic rings. The van der Waals surface area contributed by atoms with Crippen molar-refractivity contribution in [3.63, 3.8) is 0 Å². The highest BCUT2D eigenvalue weighted by Crippen LogP contribution is 2.26. The molecular formula is C9H13NO3. The number of ether oxygens (including phenoxy) is 1. The molecule has 0 amide bonds. The van der Waals surface area contributed by atoms with Crippen LogP contribution in [0.3, 0.4) is 0 Å². The monoisotopic (exact) mass is 183 g/mol. The Morgan fingerprint density at radius 1 is 1.54 bits per heavy atom. The molecule has 0 radical (unpaired) electrons. The molecule has 0 N–H and O–H groups in total. The fourth-order valence-electron chi connectivity index (χ4n) is 1.74. The smallest absolute Gasteiger partial charge is 0.308 e. The van der Waals surface area contributed by atoms with Gasteiger partial charge in [-0.05, 0) is 19.3 Å². The number of nitrogens with zero attached hydrogens (tertiary/aromatic N) is 1. The van der Waals surface area contributed by atoms with Gasteiger partial charge >= 0.3 is 5.97 Å². The second kappa shape index (κ2) is 4.77. The minimum Gasteiger partial charge on any atom is -0.469 e. The summed E-state index contributed by atoms with van der Waals surface area (Å²) in [6.07, 6.45) is 4.81. The average molecular weight is 183 g/mol. The fraction of sp³-hybridized carbons (Fsp3) is 0.778. The minimum atomic E-state index is -0.189. The normalized spacial score (nSPS) is 27.5. The highest BCUT2D eigenvalue weighted by Gasteiger charge is 2.27. The Morgan fingerprint density at radius 2 is 2.31 bits per heavy atom. The maximum atomic E-state index is 11.2. The van der Waals surface area contributed by atoms with E-state index in [0.717, 1.165) is 19.3 Å². The van der Waals surface area contributed by atoms with E-state index < -0.39 is 0 Å². The third-order valence-corrected chi connectivity index (χ3v) is 2.42. The van der Waals surface area contributed by atoms with Crippen LogP contribution in [0, 0.1) is 5.92 Å². The van der Waals surface area contributed by atoms with Gasteiger partial charge in [0.25, 0.3) is 0 Å². The second-order valence-corrected chi connectivity index (χ2v) is 3.26. The lowest BCUT2D eigenvalue weighted by molar-refractivity contribution is -0.146. The van der Waals surface area contributed by atoms with Crippen molar-refractivity contribution >= 4 is 12.0 Å². The van der Waals surface area contributed by atoms with E-state index in [1.165, 1.54) is 13.2 Å². The van der Waals surface area contributed by atoms with E-state index in [1.807, 2.05) is 0 Å². The molecule has 0 saturated heterocycles. The number of hydrogen-bond acceptors (Lipinski definition) is 4. The van der Waals surface area contributed by atoms with Crippen molar-refractivity contribution in [1.82, 2.24) is 0 Å². The minimum absolute atomic E-state index is 0.0321. The Labute approximate surface area is 77.0 Å². The Kier molecular flexibility index (Phi) is 3.65. The van der Waals surface area contributed by atoms with Crippen molar-refractivity contribution in [2.75, 3.05) is 7.11 Å². The molecule has 1 rings (SSSR count). The molecule has 2 unspecified atom stereocenters. The van der Waals surface area contributed by atoms with Gasteiger partial charge in [-0.1, -0.05) is 6.42 Å². The van der Waals surface area contributed by atoms with Gasteiger partial charge in [0, 0.05) is 0 Å². The molecule has 0 aromatic carbocycles. The third kappa shape index (κ3) is 2.67. The highest BCUT2D eigenvalue weighted by molar-refractivity contribution is 5.72. The lowest BCUT2D eigenvalue weighted by Gasteiger charge is -2.23. The quantitative estimate of drug-likeness (QED) is 0.365. The van der Waals surface area contributed by atoms with Crippen LogP contribution in [0.2, 0.25) is 0 Å². The number of rotatable bonds is 2. The molecule has 0 aliphatic heterocycles. The summed E-state index contributed by atoms with van der Waals surface area (Å²) >= 11 is 0. The average Bonchev–Trinajstić information content (AvgIpc) is 2.18. The van der Waals surface area contributed by atoms with E-state index in [-0.39, 0.29) is 17.9 Å². The molecule has 2 atom stereocenters. The zero-order valence-corrected chi connectivity index (χ0v) is 7.66. The number of isocyanates is 1. The highest BCUT2D eigenvalue weighted by atomic mass is 16.5. The van der Waals surface area contributed by atoms with Crippen molar-refractivity contribution < 1.29 is 14.3 Å². The SMILES string of the molecule is COC(=O)C1CCCC(N=C=O)C1. The van der Waals surface area contributed by atoms with Gasteiger partial charge in [0.15, 0.2) is 0 Å². The Bertz CT molecular complexity index is 233. The van der Waals surface area contributed by atoms with Crippen molar-refractivity contribution in [3.8, 4) is 0 Å². The molecule has 13 heavy (non-hydrogen) atoms. The standard InChI is InChI=1S/C9H13NO3/c1-13-9(12)7-3-2-4-8(5-7)10-6-11/h7-8H,2-5H2,1H3. The van der Waals surface area contributed by atoms with E-state index in [4.69, 9.17) is 0 Å². The van der Waals surface area contributed by atoms with Gasteiger partial charge in [-0.25, -0.2) is 9.79 Å². The van der Waals surface area contributed by atoms with Crippen LogP contribution >= 0.6 is 0 Å². The molecule has 4 heteroatoms. The van der Waals surface area contributed by atoms with Crippen LogP contribution in [0.5, 0.6) is 0 Å². The van der Waals surface area contributed by atoms with E-state index in [2.05, 4.69) is 9.73 Å². The summed E-state index contributed by atoms with van der Waals surface area (Å²) in [4.78, 5) is 24.8. The van der Waals surface area contributed by atoms with Crippen molar-refractivity contribution in [3.05, 3.63) is 0 Å². The Balaban J connectivity index is 2.50. The molecule has 72 valence electrons. The van der Waals surface area contributed by atoms with Gasteiger partial charge in [0.05, 0.1) is 19.1 Å². The summed E-state index contributed by atoms with van der Waals surface area (Å²) in [6.45, 7) is 0. The van der Waals surface area contributed by atoms with Gasteiger partial charge < -0.3 is 4.74 Å². The van der Waals surface area contributed by atoms with Gasteiger partial charge in [0.2, 0.25) is 6.08 Å². The molecule has 0 bridgehead atoms. The molecule has 1 saturated carbocycles. The third-order valence-electron chi connectivity index (χ3n) is 2.42. The largest absolute Gasteiger partial charge is 0.469 e. The van der Waals surface area contributed by atoms with Crippen LogP contribution in [-0.2, 0) is 14.3 Å². The first-order chi connectivity index (χ1) is 6.27. The topological polar surface area (TPSA) is 55.7 Å². The van der Waals surface area contributed by atoms with E-state index in [9.17, 15) is 9.59 Å². The predicted molar refractivity (Wildman–Crippen MR) is 45.9 cm³/mol. The predicted octanol–water partition coefficient (Wildman–Crippen LogP) is 1.05. The van der Waals surface area contributed by atoms with Gasteiger partial charge in [-0.15, -0.1) is 0 Å². The maximum Gasteiger partial charge on any atom is 0.308 e. The van der Waals surface area contributed by atoms with E-state index in [0.29, 0.717) is 6.42 Å². The number of hydrogen-bond donors (Lipinski definition) is 0. The van der Waals surface area contributed by atoms with Gasteiger partial charge in [-0.3, -0.25) is 4.79 Å². The van der Waals surface area contributed by atoms with Crippen LogP contribution in [0.4, 0.5) is 0 Å². The van der Waals surface area contributed by atoms with Crippen LogP contribution in [-0.4, -0.2) is 25.2 Å². The Morgan fingerprint density at radius 3 is 2.92 bits per heavy atom. The van der Waals surface area contributed by atoms with Crippen LogP contribution in [0.1, 0.15) is 25.7 Å². The first-order valence-corrected chi connectivity index (χ1v) is 4.42. The summed E-state index contributed by atoms with van der Waals surface area (Å²) in [5, 5.41) is 0. The number of esters is 1. The van der Waals surface area contributed by atoms with Gasteiger partial charge in [-0.2, -0.15) is 0 Å². The Hall–Kier alpha value is -1.15. The van der Waals surface area contributed by atoms with Crippen LogP contribution < -0.4 is 0 Å². The number of carbonyl (C=O) groups is 1. The maximum absolute atomic E-state index is 11.2. The fourth-order valence-corrected chi connectivity index (χ4v) is 1.74. The molecule has 4 nitrogen and oxygen atoms in total. The zero-order valence-electron chi connectivity index (χ0n) is 7.66. The molecule has 1 fully saturated rings. The zero-order chi connectivity index (χ0) is 9.68. The number of methoxy groups -OCH3 is 1. The lowest BCUT2D eigenvalue weighted by Crippen LogP contribution is -2.25. The first kappa shape index (κ1) is 9.93. The molecule has 0 heterocycles. The summed E-state index contributed by atoms with van der Waals surface area (Å²) in [7, 11) is 1.38. The van der Waals surface area contributed by atoms with E-state index in [1.54, 1.807) is 0 Å². The van der Waals surface area contributed by atoms with Crippen molar-refractivity contribution in [2.24, 2.45) is 10.9 Å². The van der Waals surface area contributed by atoms with Crippen LogP contribution in [0.15, 0.2) is 4.99 Å². The molecule has 1 aliphatic rings. The van der Waals surface area contributed by atoms with Crippen molar-refractivity contribution in [1.29, 1.82) is 0 Å². The summed E-state index contributed by atoms with van der Waals surface area (Å²) in [6, 6.07) is -0.0321. The van der Waals surface area contributed by atoms with Crippen molar-refractivity contribution in [2.45, 2.75) is 31.7 Å². The summed E-state index contributed by atoms with van der Waals surface area (Å²) in [5.74, 6) is -0.272.